The number of hydrogen-bond donors (Lipinski definition) is 2. The highest BCUT2D eigenvalue weighted by Crippen LogP contribution is 2.25. The minimum Gasteiger partial charge on any atom is -0.465 e. The summed E-state index contributed by atoms with van der Waals surface area (Å²) < 4.78 is 6.77. The number of rotatable bonds is 7. The van der Waals surface area contributed by atoms with Crippen molar-refractivity contribution in [3.63, 3.8) is 0 Å². The van der Waals surface area contributed by atoms with E-state index in [1.165, 1.54) is 0 Å². The van der Waals surface area contributed by atoms with Gasteiger partial charge in [-0.2, -0.15) is 0 Å². The third-order valence-corrected chi connectivity index (χ3v) is 5.29. The maximum Gasteiger partial charge on any atom is 0.329 e. The predicted octanol–water partition coefficient (Wildman–Crippen LogP) is 3.04. The van der Waals surface area contributed by atoms with Gasteiger partial charge in [0, 0.05) is 28.4 Å². The minimum atomic E-state index is -0.675. The summed E-state index contributed by atoms with van der Waals surface area (Å²) in [4.78, 5) is 50.6. The van der Waals surface area contributed by atoms with Gasteiger partial charge in [0.05, 0.1) is 6.61 Å². The minimum absolute atomic E-state index is 0.0170. The molecule has 9 nitrogen and oxygen atoms in total. The summed E-state index contributed by atoms with van der Waals surface area (Å²) in [7, 11) is 0. The van der Waals surface area contributed by atoms with Crippen LogP contribution in [0.15, 0.2) is 60.4 Å². The number of ether oxygens (including phenoxy) is 1. The maximum absolute atomic E-state index is 12.9. The molecule has 0 bridgehead atoms. The number of benzene rings is 2. The van der Waals surface area contributed by atoms with Gasteiger partial charge in [-0.05, 0) is 43.7 Å². The van der Waals surface area contributed by atoms with Gasteiger partial charge < -0.3 is 19.9 Å². The molecule has 4 rings (SSSR count). The molecule has 1 aliphatic heterocycles. The summed E-state index contributed by atoms with van der Waals surface area (Å²) >= 11 is 0. The molecule has 1 saturated heterocycles. The number of hydrogen-bond acceptors (Lipinski definition) is 5. The fourth-order valence-corrected chi connectivity index (χ4v) is 3.80. The molecule has 4 amide bonds. The Morgan fingerprint density at radius 2 is 1.88 bits per heavy atom. The zero-order valence-electron chi connectivity index (χ0n) is 18.8. The molecule has 0 atom stereocenters. The fourth-order valence-electron chi connectivity index (χ4n) is 3.80. The second kappa shape index (κ2) is 9.62. The number of nitrogens with zero attached hydrogens (tertiary/aromatic N) is 2. The molecular formula is C25H24N4O5. The number of carbonyl (C=O) groups is 4. The Kier molecular flexibility index (Phi) is 6.44. The van der Waals surface area contributed by atoms with E-state index < -0.39 is 24.4 Å². The molecule has 0 unspecified atom stereocenters. The number of para-hydroxylation sites is 1. The third-order valence-electron chi connectivity index (χ3n) is 5.29. The van der Waals surface area contributed by atoms with E-state index in [1.807, 2.05) is 37.3 Å². The monoisotopic (exact) mass is 460 g/mol. The first-order valence-electron chi connectivity index (χ1n) is 10.8. The van der Waals surface area contributed by atoms with Crippen molar-refractivity contribution in [2.45, 2.75) is 20.4 Å². The van der Waals surface area contributed by atoms with Crippen LogP contribution >= 0.6 is 0 Å². The van der Waals surface area contributed by atoms with Gasteiger partial charge in [0.25, 0.3) is 5.91 Å². The van der Waals surface area contributed by atoms with E-state index in [4.69, 9.17) is 4.74 Å². The summed E-state index contributed by atoms with van der Waals surface area (Å²) in [6, 6.07) is 14.0. The van der Waals surface area contributed by atoms with Gasteiger partial charge in [-0.25, -0.2) is 9.69 Å². The van der Waals surface area contributed by atoms with Crippen LogP contribution in [0.4, 0.5) is 10.5 Å². The number of anilines is 1. The van der Waals surface area contributed by atoms with Gasteiger partial charge >= 0.3 is 12.0 Å². The van der Waals surface area contributed by atoms with Crippen LogP contribution in [-0.4, -0.2) is 46.4 Å². The topological polar surface area (TPSA) is 110 Å². The van der Waals surface area contributed by atoms with Gasteiger partial charge in [0.1, 0.15) is 18.8 Å². The molecular weight excluding hydrogens is 436 g/mol. The predicted molar refractivity (Wildman–Crippen MR) is 127 cm³/mol. The van der Waals surface area contributed by atoms with Crippen molar-refractivity contribution in [3.8, 4) is 0 Å². The van der Waals surface area contributed by atoms with Crippen molar-refractivity contribution in [1.29, 1.82) is 0 Å². The normalized spacial score (nSPS) is 14.5. The average molecular weight is 460 g/mol. The number of aryl methyl sites for hydroxylation is 1. The van der Waals surface area contributed by atoms with Crippen molar-refractivity contribution in [2.24, 2.45) is 0 Å². The largest absolute Gasteiger partial charge is 0.465 e. The lowest BCUT2D eigenvalue weighted by atomic mass is 10.1. The zero-order chi connectivity index (χ0) is 24.2. The van der Waals surface area contributed by atoms with Crippen molar-refractivity contribution >= 4 is 46.5 Å². The molecule has 9 heteroatoms. The fraction of sp³-hybridized carbons (Fsp3) is 0.200. The number of urea groups is 1. The van der Waals surface area contributed by atoms with E-state index in [9.17, 15) is 19.2 Å². The van der Waals surface area contributed by atoms with Crippen molar-refractivity contribution < 1.29 is 23.9 Å². The lowest BCUT2D eigenvalue weighted by Gasteiger charge is -2.12. The van der Waals surface area contributed by atoms with Crippen LogP contribution in [0.3, 0.4) is 0 Å². The van der Waals surface area contributed by atoms with Gasteiger partial charge in [-0.3, -0.25) is 14.4 Å². The highest BCUT2D eigenvalue weighted by molar-refractivity contribution is 6.16. The molecule has 174 valence electrons. The SMILES string of the molecule is CCOC(=O)Cn1cc(/C=C2/NC(=O)N(CC(=O)Nc3cccc(C)c3)C2=O)c2ccccc21. The molecule has 1 aromatic heterocycles. The first-order valence-corrected chi connectivity index (χ1v) is 10.8. The lowest BCUT2D eigenvalue weighted by Crippen LogP contribution is -2.38. The van der Waals surface area contributed by atoms with Crippen LogP contribution in [0.25, 0.3) is 17.0 Å². The maximum atomic E-state index is 12.9. The first kappa shape index (κ1) is 22.8. The molecule has 1 fully saturated rings. The molecule has 0 saturated carbocycles. The summed E-state index contributed by atoms with van der Waals surface area (Å²) in [5.74, 6) is -1.47. The molecule has 2 N–H and O–H groups in total. The Balaban J connectivity index is 1.54. The summed E-state index contributed by atoms with van der Waals surface area (Å²) in [5.41, 5.74) is 3.04. The summed E-state index contributed by atoms with van der Waals surface area (Å²) in [6.07, 6.45) is 3.27. The van der Waals surface area contributed by atoms with Crippen LogP contribution in [0.1, 0.15) is 18.1 Å². The Morgan fingerprint density at radius 1 is 1.09 bits per heavy atom. The number of carbonyl (C=O) groups excluding carboxylic acids is 4. The molecule has 34 heavy (non-hydrogen) atoms. The lowest BCUT2D eigenvalue weighted by molar-refractivity contribution is -0.143. The second-order valence-electron chi connectivity index (χ2n) is 7.83. The van der Waals surface area contributed by atoms with Crippen molar-refractivity contribution in [2.75, 3.05) is 18.5 Å². The van der Waals surface area contributed by atoms with Gasteiger partial charge in [0.15, 0.2) is 0 Å². The quantitative estimate of drug-likeness (QED) is 0.320. The average Bonchev–Trinajstić information content (AvgIpc) is 3.26. The summed E-state index contributed by atoms with van der Waals surface area (Å²) in [5, 5.41) is 6.03. The number of imide groups is 1. The number of amides is 4. The van der Waals surface area contributed by atoms with Gasteiger partial charge in [0.2, 0.25) is 5.91 Å². The van der Waals surface area contributed by atoms with E-state index in [-0.39, 0.29) is 24.8 Å². The van der Waals surface area contributed by atoms with Crippen LogP contribution in [0, 0.1) is 6.92 Å². The molecule has 0 aliphatic carbocycles. The Bertz CT molecular complexity index is 1320. The molecule has 3 aromatic rings. The number of nitrogens with one attached hydrogen (secondary N) is 2. The number of fused-ring (bicyclic) bond motifs is 1. The van der Waals surface area contributed by atoms with Crippen LogP contribution < -0.4 is 10.6 Å². The molecule has 0 spiro atoms. The second-order valence-corrected chi connectivity index (χ2v) is 7.83. The van der Waals surface area contributed by atoms with Crippen LogP contribution in [0.2, 0.25) is 0 Å². The van der Waals surface area contributed by atoms with E-state index in [0.29, 0.717) is 11.3 Å². The summed E-state index contributed by atoms with van der Waals surface area (Å²) in [6.45, 7) is 3.52. The van der Waals surface area contributed by atoms with E-state index in [1.54, 1.807) is 42.0 Å². The van der Waals surface area contributed by atoms with E-state index in [0.717, 1.165) is 21.4 Å². The standard InChI is InChI=1S/C25H24N4O5/c1-3-34-23(31)15-28-13-17(19-9-4-5-10-21(19)28)12-20-24(32)29(25(33)27-20)14-22(30)26-18-8-6-7-16(2)11-18/h4-13H,3,14-15H2,1-2H3,(H,26,30)(H,27,33)/b20-12+. The first-order chi connectivity index (χ1) is 16.4. The van der Waals surface area contributed by atoms with Gasteiger partial charge in [-0.1, -0.05) is 30.3 Å². The highest BCUT2D eigenvalue weighted by atomic mass is 16.5. The number of esters is 1. The molecule has 1 aliphatic rings. The van der Waals surface area contributed by atoms with E-state index >= 15 is 0 Å². The van der Waals surface area contributed by atoms with Crippen molar-refractivity contribution in [3.05, 3.63) is 71.6 Å². The highest BCUT2D eigenvalue weighted by Gasteiger charge is 2.35. The molecule has 2 heterocycles. The molecule has 2 aromatic carbocycles. The zero-order valence-corrected chi connectivity index (χ0v) is 18.8. The number of aromatic nitrogens is 1. The van der Waals surface area contributed by atoms with Crippen molar-refractivity contribution in [1.82, 2.24) is 14.8 Å². The van der Waals surface area contributed by atoms with Gasteiger partial charge in [-0.15, -0.1) is 0 Å². The van der Waals surface area contributed by atoms with Crippen LogP contribution in [-0.2, 0) is 25.7 Å². The smallest absolute Gasteiger partial charge is 0.329 e. The van der Waals surface area contributed by atoms with E-state index in [2.05, 4.69) is 10.6 Å². The molecule has 0 radical (unpaired) electrons. The Hall–Kier alpha value is -4.40. The third kappa shape index (κ3) is 4.83. The van der Waals surface area contributed by atoms with Crippen LogP contribution in [0.5, 0.6) is 0 Å². The Morgan fingerprint density at radius 3 is 2.65 bits per heavy atom. The Labute approximate surface area is 196 Å².